The van der Waals surface area contributed by atoms with Crippen molar-refractivity contribution in [2.45, 2.75) is 72.4 Å². The van der Waals surface area contributed by atoms with Crippen molar-refractivity contribution in [1.29, 1.82) is 0 Å². The molecule has 0 N–H and O–H groups in total. The monoisotopic (exact) mass is 391 g/mol. The number of hydrogen-bond acceptors (Lipinski definition) is 3. The summed E-state index contributed by atoms with van der Waals surface area (Å²) in [6.07, 6.45) is 4.82. The van der Waals surface area contributed by atoms with Crippen LogP contribution in [0.4, 0.5) is 0 Å². The summed E-state index contributed by atoms with van der Waals surface area (Å²) in [5.74, 6) is 0.746. The molecule has 1 heterocycles. The van der Waals surface area contributed by atoms with Crippen LogP contribution in [-0.4, -0.2) is 26.9 Å². The molecule has 0 radical (unpaired) electrons. The molecule has 0 aliphatic heterocycles. The van der Waals surface area contributed by atoms with Gasteiger partial charge in [0.15, 0.2) is 0 Å². The van der Waals surface area contributed by atoms with Gasteiger partial charge in [-0.1, -0.05) is 37.8 Å². The number of halogens is 1. The van der Waals surface area contributed by atoms with Crippen molar-refractivity contribution >= 4 is 28.4 Å². The third-order valence-corrected chi connectivity index (χ3v) is 5.24. The van der Waals surface area contributed by atoms with E-state index in [0.717, 1.165) is 25.7 Å². The van der Waals surface area contributed by atoms with Crippen molar-refractivity contribution in [2.75, 3.05) is 6.54 Å². The standard InChI is InChI=1S/C21H30ClN3O2/c1-5-8-9-10-11-19(26)24(6-2)15(4)20-23-18-13-12-16(22)14-17(18)21(27)25(20)7-3/h12-15H,5-11H2,1-4H3. The molecule has 2 rings (SSSR count). The average molecular weight is 392 g/mol. The molecule has 1 amide bonds. The quantitative estimate of drug-likeness (QED) is 0.568. The van der Waals surface area contributed by atoms with E-state index in [2.05, 4.69) is 6.92 Å². The predicted molar refractivity (Wildman–Crippen MR) is 111 cm³/mol. The van der Waals surface area contributed by atoms with Crippen LogP contribution in [0.1, 0.15) is 71.7 Å². The van der Waals surface area contributed by atoms with Gasteiger partial charge in [0.05, 0.1) is 16.9 Å². The third kappa shape index (κ3) is 4.89. The van der Waals surface area contributed by atoms with E-state index in [-0.39, 0.29) is 17.5 Å². The molecule has 1 unspecified atom stereocenters. The molecule has 148 valence electrons. The molecule has 0 spiro atoms. The molecule has 1 aromatic heterocycles. The minimum Gasteiger partial charge on any atom is -0.333 e. The SMILES string of the molecule is CCCCCCC(=O)N(CC)C(C)c1nc2ccc(Cl)cc2c(=O)n1CC. The van der Waals surface area contributed by atoms with E-state index >= 15 is 0 Å². The van der Waals surface area contributed by atoms with Crippen molar-refractivity contribution in [3.63, 3.8) is 0 Å². The largest absolute Gasteiger partial charge is 0.333 e. The van der Waals surface area contributed by atoms with E-state index in [1.54, 1.807) is 22.8 Å². The van der Waals surface area contributed by atoms with E-state index in [0.29, 0.717) is 41.3 Å². The first-order valence-corrected chi connectivity index (χ1v) is 10.3. The maximum absolute atomic E-state index is 12.9. The molecule has 1 aromatic carbocycles. The zero-order valence-corrected chi connectivity index (χ0v) is 17.6. The highest BCUT2D eigenvalue weighted by molar-refractivity contribution is 6.31. The second-order valence-electron chi connectivity index (χ2n) is 6.85. The molecule has 5 nitrogen and oxygen atoms in total. The fourth-order valence-corrected chi connectivity index (χ4v) is 3.66. The first-order chi connectivity index (χ1) is 12.9. The summed E-state index contributed by atoms with van der Waals surface area (Å²) in [4.78, 5) is 32.2. The van der Waals surface area contributed by atoms with Gasteiger partial charge in [0.25, 0.3) is 5.56 Å². The summed E-state index contributed by atoms with van der Waals surface area (Å²) in [6, 6.07) is 4.89. The van der Waals surface area contributed by atoms with Gasteiger partial charge in [-0.15, -0.1) is 0 Å². The van der Waals surface area contributed by atoms with Gasteiger partial charge in [0.2, 0.25) is 5.91 Å². The minimum absolute atomic E-state index is 0.113. The number of rotatable bonds is 9. The second kappa shape index (κ2) is 9.88. The summed E-state index contributed by atoms with van der Waals surface area (Å²) in [5, 5.41) is 1.02. The molecule has 6 heteroatoms. The van der Waals surface area contributed by atoms with Crippen molar-refractivity contribution < 1.29 is 4.79 Å². The lowest BCUT2D eigenvalue weighted by atomic mass is 10.1. The fourth-order valence-electron chi connectivity index (χ4n) is 3.49. The van der Waals surface area contributed by atoms with Crippen molar-refractivity contribution in [2.24, 2.45) is 0 Å². The second-order valence-corrected chi connectivity index (χ2v) is 7.28. The van der Waals surface area contributed by atoms with Crippen molar-refractivity contribution in [3.8, 4) is 0 Å². The Bertz CT molecular complexity index is 847. The van der Waals surface area contributed by atoms with Gasteiger partial charge in [0, 0.05) is 24.5 Å². The lowest BCUT2D eigenvalue weighted by Gasteiger charge is -2.29. The van der Waals surface area contributed by atoms with Gasteiger partial charge >= 0.3 is 0 Å². The maximum atomic E-state index is 12.9. The molecule has 0 bridgehead atoms. The molecule has 0 saturated carbocycles. The normalized spacial score (nSPS) is 12.3. The number of hydrogen-bond donors (Lipinski definition) is 0. The van der Waals surface area contributed by atoms with Crippen molar-refractivity contribution in [1.82, 2.24) is 14.5 Å². The van der Waals surface area contributed by atoms with Crippen LogP contribution in [-0.2, 0) is 11.3 Å². The van der Waals surface area contributed by atoms with Gasteiger partial charge in [0.1, 0.15) is 5.82 Å². The lowest BCUT2D eigenvalue weighted by molar-refractivity contribution is -0.133. The molecule has 27 heavy (non-hydrogen) atoms. The number of carbonyl (C=O) groups is 1. The molecule has 0 fully saturated rings. The van der Waals surface area contributed by atoms with E-state index < -0.39 is 0 Å². The number of carbonyl (C=O) groups excluding carboxylic acids is 1. The number of nitrogens with zero attached hydrogens (tertiary/aromatic N) is 3. The van der Waals surface area contributed by atoms with Gasteiger partial charge in [-0.05, 0) is 45.4 Å². The molecular formula is C21H30ClN3O2. The molecule has 1 atom stereocenters. The molecule has 0 saturated heterocycles. The van der Waals surface area contributed by atoms with Crippen LogP contribution in [0.3, 0.4) is 0 Å². The summed E-state index contributed by atoms with van der Waals surface area (Å²) >= 11 is 6.05. The predicted octanol–water partition coefficient (Wildman–Crippen LogP) is 4.95. The highest BCUT2D eigenvalue weighted by Crippen LogP contribution is 2.22. The van der Waals surface area contributed by atoms with Crippen LogP contribution in [0.5, 0.6) is 0 Å². The lowest BCUT2D eigenvalue weighted by Crippen LogP contribution is -2.37. The van der Waals surface area contributed by atoms with E-state index in [4.69, 9.17) is 16.6 Å². The Balaban J connectivity index is 2.36. The highest BCUT2D eigenvalue weighted by atomic mass is 35.5. The zero-order chi connectivity index (χ0) is 20.0. The number of fused-ring (bicyclic) bond motifs is 1. The molecule has 0 aliphatic rings. The number of unbranched alkanes of at least 4 members (excludes halogenated alkanes) is 3. The first kappa shape index (κ1) is 21.4. The summed E-state index contributed by atoms with van der Waals surface area (Å²) in [5.41, 5.74) is 0.501. The topological polar surface area (TPSA) is 55.2 Å². The van der Waals surface area contributed by atoms with Gasteiger partial charge in [-0.2, -0.15) is 0 Å². The molecule has 0 aliphatic carbocycles. The fraction of sp³-hybridized carbons (Fsp3) is 0.571. The summed E-state index contributed by atoms with van der Waals surface area (Å²) in [6.45, 7) is 9.07. The summed E-state index contributed by atoms with van der Waals surface area (Å²) in [7, 11) is 0. The van der Waals surface area contributed by atoms with Crippen LogP contribution < -0.4 is 5.56 Å². The first-order valence-electron chi connectivity index (χ1n) is 9.93. The van der Waals surface area contributed by atoms with Crippen LogP contribution in [0.2, 0.25) is 5.02 Å². The average Bonchev–Trinajstić information content (AvgIpc) is 2.66. The molecule has 2 aromatic rings. The zero-order valence-electron chi connectivity index (χ0n) is 16.8. The number of amides is 1. The number of benzene rings is 1. The van der Waals surface area contributed by atoms with Gasteiger partial charge in [-0.25, -0.2) is 4.98 Å². The molecular weight excluding hydrogens is 362 g/mol. The van der Waals surface area contributed by atoms with Crippen LogP contribution in [0, 0.1) is 0 Å². The highest BCUT2D eigenvalue weighted by Gasteiger charge is 2.24. The van der Waals surface area contributed by atoms with Crippen LogP contribution in [0.25, 0.3) is 10.9 Å². The Labute approximate surface area is 166 Å². The van der Waals surface area contributed by atoms with Crippen LogP contribution >= 0.6 is 11.6 Å². The van der Waals surface area contributed by atoms with E-state index in [9.17, 15) is 9.59 Å². The Hall–Kier alpha value is -1.88. The summed E-state index contributed by atoms with van der Waals surface area (Å²) < 4.78 is 1.65. The Morgan fingerprint density at radius 2 is 1.96 bits per heavy atom. The Morgan fingerprint density at radius 3 is 2.59 bits per heavy atom. The van der Waals surface area contributed by atoms with E-state index in [1.165, 1.54) is 0 Å². The van der Waals surface area contributed by atoms with Crippen LogP contribution in [0.15, 0.2) is 23.0 Å². The van der Waals surface area contributed by atoms with Crippen molar-refractivity contribution in [3.05, 3.63) is 39.4 Å². The Morgan fingerprint density at radius 1 is 1.22 bits per heavy atom. The number of aromatic nitrogens is 2. The maximum Gasteiger partial charge on any atom is 0.261 e. The van der Waals surface area contributed by atoms with E-state index in [1.807, 2.05) is 25.7 Å². The Kier molecular flexibility index (Phi) is 7.84. The van der Waals surface area contributed by atoms with Gasteiger partial charge < -0.3 is 4.90 Å². The van der Waals surface area contributed by atoms with Gasteiger partial charge in [-0.3, -0.25) is 14.2 Å². The smallest absolute Gasteiger partial charge is 0.261 e. The minimum atomic E-state index is -0.263. The third-order valence-electron chi connectivity index (χ3n) is 5.01.